The lowest BCUT2D eigenvalue weighted by Gasteiger charge is -2.17. The fourth-order valence-corrected chi connectivity index (χ4v) is 2.97. The van der Waals surface area contributed by atoms with Crippen molar-refractivity contribution < 1.29 is 14.3 Å². The molecule has 0 aliphatic carbocycles. The summed E-state index contributed by atoms with van der Waals surface area (Å²) >= 11 is 12.1. The van der Waals surface area contributed by atoms with Crippen molar-refractivity contribution in [3.63, 3.8) is 0 Å². The van der Waals surface area contributed by atoms with Crippen molar-refractivity contribution in [1.82, 2.24) is 5.32 Å². The van der Waals surface area contributed by atoms with Crippen LogP contribution >= 0.6 is 23.2 Å². The summed E-state index contributed by atoms with van der Waals surface area (Å²) in [6.45, 7) is 1.87. The van der Waals surface area contributed by atoms with Crippen LogP contribution < -0.4 is 14.8 Å². The van der Waals surface area contributed by atoms with E-state index in [9.17, 15) is 4.79 Å². The largest absolute Gasteiger partial charge is 0.497 e. The molecular formula is C18H19Cl2NO3. The molecule has 0 radical (unpaired) electrons. The molecule has 2 aromatic carbocycles. The highest BCUT2D eigenvalue weighted by Crippen LogP contribution is 2.27. The van der Waals surface area contributed by atoms with E-state index in [2.05, 4.69) is 5.32 Å². The summed E-state index contributed by atoms with van der Waals surface area (Å²) in [6, 6.07) is 10.4. The predicted octanol–water partition coefficient (Wildman–Crippen LogP) is 4.43. The molecule has 1 amide bonds. The van der Waals surface area contributed by atoms with Crippen molar-refractivity contribution in [1.29, 1.82) is 0 Å². The Morgan fingerprint density at radius 3 is 2.50 bits per heavy atom. The maximum absolute atomic E-state index is 12.3. The van der Waals surface area contributed by atoms with E-state index >= 15 is 0 Å². The summed E-state index contributed by atoms with van der Waals surface area (Å²) in [5.74, 6) is 1.16. The summed E-state index contributed by atoms with van der Waals surface area (Å²) < 4.78 is 10.5. The van der Waals surface area contributed by atoms with Gasteiger partial charge in [0.05, 0.1) is 26.7 Å². The molecule has 2 aromatic rings. The lowest BCUT2D eigenvalue weighted by molar-refractivity contribution is -0.121. The van der Waals surface area contributed by atoms with Crippen molar-refractivity contribution in [2.75, 3.05) is 14.2 Å². The molecule has 0 fully saturated rings. The van der Waals surface area contributed by atoms with Gasteiger partial charge < -0.3 is 14.8 Å². The van der Waals surface area contributed by atoms with Crippen LogP contribution in [-0.2, 0) is 11.2 Å². The van der Waals surface area contributed by atoms with E-state index in [1.807, 2.05) is 19.1 Å². The fraction of sp³-hybridized carbons (Fsp3) is 0.278. The van der Waals surface area contributed by atoms with Crippen LogP contribution in [0, 0.1) is 0 Å². The van der Waals surface area contributed by atoms with E-state index in [1.165, 1.54) is 0 Å². The highest BCUT2D eigenvalue weighted by atomic mass is 35.5. The van der Waals surface area contributed by atoms with Gasteiger partial charge in [0.15, 0.2) is 0 Å². The summed E-state index contributed by atoms with van der Waals surface area (Å²) in [6.07, 6.45) is 0.197. The molecule has 1 N–H and O–H groups in total. The molecule has 0 aliphatic rings. The minimum Gasteiger partial charge on any atom is -0.497 e. The number of methoxy groups -OCH3 is 2. The summed E-state index contributed by atoms with van der Waals surface area (Å²) in [4.78, 5) is 12.3. The number of carbonyl (C=O) groups excluding carboxylic acids is 1. The zero-order valence-corrected chi connectivity index (χ0v) is 15.2. The van der Waals surface area contributed by atoms with Crippen LogP contribution in [-0.4, -0.2) is 20.1 Å². The quantitative estimate of drug-likeness (QED) is 0.821. The van der Waals surface area contributed by atoms with E-state index < -0.39 is 0 Å². The zero-order chi connectivity index (χ0) is 17.7. The van der Waals surface area contributed by atoms with Gasteiger partial charge in [-0.1, -0.05) is 35.3 Å². The first-order valence-corrected chi connectivity index (χ1v) is 8.15. The highest BCUT2D eigenvalue weighted by molar-refractivity contribution is 6.35. The number of carbonyl (C=O) groups is 1. The van der Waals surface area contributed by atoms with Crippen LogP contribution in [0.1, 0.15) is 24.1 Å². The minimum atomic E-state index is -0.230. The molecule has 0 spiro atoms. The van der Waals surface area contributed by atoms with Gasteiger partial charge >= 0.3 is 0 Å². The average Bonchev–Trinajstić information content (AvgIpc) is 2.54. The first-order valence-electron chi connectivity index (χ1n) is 7.39. The van der Waals surface area contributed by atoms with Gasteiger partial charge in [-0.05, 0) is 30.7 Å². The molecule has 0 aromatic heterocycles. The van der Waals surface area contributed by atoms with Crippen LogP contribution in [0.4, 0.5) is 0 Å². The fourth-order valence-electron chi connectivity index (χ4n) is 2.39. The van der Waals surface area contributed by atoms with Gasteiger partial charge in [-0.3, -0.25) is 4.79 Å². The number of hydrogen-bond donors (Lipinski definition) is 1. The van der Waals surface area contributed by atoms with Crippen molar-refractivity contribution in [2.24, 2.45) is 0 Å². The molecule has 0 unspecified atom stereocenters. The molecule has 0 saturated heterocycles. The number of hydrogen-bond acceptors (Lipinski definition) is 3. The first-order chi connectivity index (χ1) is 11.4. The molecule has 6 heteroatoms. The van der Waals surface area contributed by atoms with Gasteiger partial charge in [0, 0.05) is 21.7 Å². The number of halogens is 2. The lowest BCUT2D eigenvalue weighted by Crippen LogP contribution is -2.28. The van der Waals surface area contributed by atoms with Gasteiger partial charge in [-0.2, -0.15) is 0 Å². The van der Waals surface area contributed by atoms with Gasteiger partial charge in [-0.15, -0.1) is 0 Å². The second kappa shape index (κ2) is 8.27. The molecule has 0 aliphatic heterocycles. The second-order valence-corrected chi connectivity index (χ2v) is 6.15. The molecule has 0 heterocycles. The maximum Gasteiger partial charge on any atom is 0.225 e. The van der Waals surface area contributed by atoms with Gasteiger partial charge in [0.25, 0.3) is 0 Å². The van der Waals surface area contributed by atoms with Crippen LogP contribution in [0.25, 0.3) is 0 Å². The molecule has 0 saturated carbocycles. The first kappa shape index (κ1) is 18.4. The third-order valence-corrected chi connectivity index (χ3v) is 4.21. The zero-order valence-electron chi connectivity index (χ0n) is 13.7. The third-order valence-electron chi connectivity index (χ3n) is 3.65. The number of benzene rings is 2. The van der Waals surface area contributed by atoms with Crippen LogP contribution in [0.15, 0.2) is 36.4 Å². The Kier molecular flexibility index (Phi) is 6.35. The molecule has 0 bridgehead atoms. The van der Waals surface area contributed by atoms with Gasteiger partial charge in [0.1, 0.15) is 11.5 Å². The Hall–Kier alpha value is -1.91. The Bertz CT molecular complexity index is 734. The van der Waals surface area contributed by atoms with Crippen LogP contribution in [0.3, 0.4) is 0 Å². The molecule has 4 nitrogen and oxygen atoms in total. The monoisotopic (exact) mass is 367 g/mol. The third kappa shape index (κ3) is 4.56. The van der Waals surface area contributed by atoms with Crippen molar-refractivity contribution in [3.05, 3.63) is 57.6 Å². The standard InChI is InChI=1S/C18H19Cl2NO3/c1-11(15-7-5-13(19)9-16(15)20)21-18(22)8-12-4-6-14(23-2)10-17(12)24-3/h4-7,9-11H,8H2,1-3H3,(H,21,22)/t11-/m0/s1. The van der Waals surface area contributed by atoms with Crippen molar-refractivity contribution in [2.45, 2.75) is 19.4 Å². The Balaban J connectivity index is 2.07. The number of amides is 1. The molecule has 24 heavy (non-hydrogen) atoms. The minimum absolute atomic E-state index is 0.128. The predicted molar refractivity (Wildman–Crippen MR) is 96.3 cm³/mol. The van der Waals surface area contributed by atoms with Crippen LogP contribution in [0.5, 0.6) is 11.5 Å². The lowest BCUT2D eigenvalue weighted by atomic mass is 10.1. The van der Waals surface area contributed by atoms with E-state index in [-0.39, 0.29) is 18.4 Å². The number of ether oxygens (including phenoxy) is 2. The average molecular weight is 368 g/mol. The Labute approximate surface area is 151 Å². The molecule has 128 valence electrons. The van der Waals surface area contributed by atoms with E-state index in [1.54, 1.807) is 38.5 Å². The van der Waals surface area contributed by atoms with E-state index in [0.717, 1.165) is 11.1 Å². The SMILES string of the molecule is COc1ccc(CC(=O)N[C@@H](C)c2ccc(Cl)cc2Cl)c(OC)c1. The smallest absolute Gasteiger partial charge is 0.225 e. The van der Waals surface area contributed by atoms with E-state index in [0.29, 0.717) is 21.5 Å². The summed E-state index contributed by atoms with van der Waals surface area (Å²) in [5, 5.41) is 4.02. The number of rotatable bonds is 6. The topological polar surface area (TPSA) is 47.6 Å². The van der Waals surface area contributed by atoms with Crippen molar-refractivity contribution >= 4 is 29.1 Å². The molecule has 2 rings (SSSR count). The number of nitrogens with one attached hydrogen (secondary N) is 1. The summed E-state index contributed by atoms with van der Waals surface area (Å²) in [7, 11) is 3.14. The molecule has 1 atom stereocenters. The maximum atomic E-state index is 12.3. The highest BCUT2D eigenvalue weighted by Gasteiger charge is 2.15. The van der Waals surface area contributed by atoms with Crippen molar-refractivity contribution in [3.8, 4) is 11.5 Å². The summed E-state index contributed by atoms with van der Waals surface area (Å²) in [5.41, 5.74) is 1.60. The van der Waals surface area contributed by atoms with Crippen LogP contribution in [0.2, 0.25) is 10.0 Å². The van der Waals surface area contributed by atoms with Gasteiger partial charge in [0.2, 0.25) is 5.91 Å². The van der Waals surface area contributed by atoms with E-state index in [4.69, 9.17) is 32.7 Å². The molecular weight excluding hydrogens is 349 g/mol. The normalized spacial score (nSPS) is 11.7. The van der Waals surface area contributed by atoms with Gasteiger partial charge in [-0.25, -0.2) is 0 Å². The Morgan fingerprint density at radius 2 is 1.88 bits per heavy atom. The Morgan fingerprint density at radius 1 is 1.12 bits per heavy atom. The second-order valence-electron chi connectivity index (χ2n) is 5.31.